The van der Waals surface area contributed by atoms with Crippen LogP contribution in [0.4, 0.5) is 9.59 Å². The first kappa shape index (κ1) is 31.9. The summed E-state index contributed by atoms with van der Waals surface area (Å²) in [4.78, 5) is 67.1. The van der Waals surface area contributed by atoms with E-state index in [9.17, 15) is 28.8 Å². The highest BCUT2D eigenvalue weighted by atomic mass is 16.6. The number of nitrogens with one attached hydrogen (secondary N) is 2. The Morgan fingerprint density at radius 2 is 0.889 bits per heavy atom. The van der Waals surface area contributed by atoms with Gasteiger partial charge in [-0.05, 0) is 12.8 Å². The van der Waals surface area contributed by atoms with Crippen molar-refractivity contribution in [3.63, 3.8) is 0 Å². The first-order valence-electron chi connectivity index (χ1n) is 11.0. The Bertz CT molecular complexity index is 691. The maximum Gasteiger partial charge on any atom is 0.407 e. The molecule has 0 aliphatic heterocycles. The largest absolute Gasteiger partial charge is 0.460 e. The summed E-state index contributed by atoms with van der Waals surface area (Å²) in [6.07, 6.45) is 3.49. The van der Waals surface area contributed by atoms with Crippen LogP contribution in [0.5, 0.6) is 0 Å². The zero-order valence-corrected chi connectivity index (χ0v) is 20.0. The Morgan fingerprint density at radius 3 is 1.25 bits per heavy atom. The fourth-order valence-electron chi connectivity index (χ4n) is 2.13. The average Bonchev–Trinajstić information content (AvgIpc) is 2.87. The second-order valence-corrected chi connectivity index (χ2v) is 6.60. The van der Waals surface area contributed by atoms with Gasteiger partial charge in [-0.3, -0.25) is 0 Å². The summed E-state index contributed by atoms with van der Waals surface area (Å²) in [5.74, 6) is -3.05. The van der Waals surface area contributed by atoms with Crippen molar-refractivity contribution in [2.24, 2.45) is 0 Å². The summed E-state index contributed by atoms with van der Waals surface area (Å²) in [5.41, 5.74) is 0. The Labute approximate surface area is 208 Å². The molecule has 202 valence electrons. The molecule has 0 fully saturated rings. The lowest BCUT2D eigenvalue weighted by atomic mass is 10.2. The van der Waals surface area contributed by atoms with Gasteiger partial charge in [-0.2, -0.15) is 0 Å². The molecule has 0 saturated carbocycles. The number of hydrogen-bond donors (Lipinski definition) is 2. The summed E-state index contributed by atoms with van der Waals surface area (Å²) in [6, 6.07) is 0. The van der Waals surface area contributed by atoms with Gasteiger partial charge in [0.25, 0.3) is 0 Å². The van der Waals surface area contributed by atoms with E-state index in [2.05, 4.69) is 33.3 Å². The predicted molar refractivity (Wildman–Crippen MR) is 121 cm³/mol. The first-order valence-corrected chi connectivity index (χ1v) is 11.0. The quantitative estimate of drug-likeness (QED) is 0.105. The standard InChI is InChI=1S/C22H32N2O12/c1-3-17(25)35-15-19(27)31-11-13-33-21(29)23-9-7-5-6-8-10-24-22(30)34-14-12-32-20(28)16-36-18(26)4-2/h3-4H,1-2,5-16H2,(H,23,29)(H,24,30). The van der Waals surface area contributed by atoms with Crippen LogP contribution in [-0.2, 0) is 47.6 Å². The number of hydrogen-bond acceptors (Lipinski definition) is 12. The Kier molecular flexibility index (Phi) is 19.0. The Balaban J connectivity index is 3.50. The molecule has 14 heteroatoms. The van der Waals surface area contributed by atoms with Crippen molar-refractivity contribution in [2.75, 3.05) is 52.7 Å². The lowest BCUT2D eigenvalue weighted by molar-refractivity contribution is -0.156. The topological polar surface area (TPSA) is 182 Å². The highest BCUT2D eigenvalue weighted by molar-refractivity contribution is 5.84. The third-order valence-electron chi connectivity index (χ3n) is 3.80. The van der Waals surface area contributed by atoms with Crippen molar-refractivity contribution in [3.05, 3.63) is 25.3 Å². The molecule has 0 rings (SSSR count). The molecule has 2 N–H and O–H groups in total. The normalized spacial score (nSPS) is 9.67. The molecule has 14 nitrogen and oxygen atoms in total. The van der Waals surface area contributed by atoms with E-state index >= 15 is 0 Å². The van der Waals surface area contributed by atoms with Crippen molar-refractivity contribution >= 4 is 36.1 Å². The summed E-state index contributed by atoms with van der Waals surface area (Å²) < 4.78 is 28.0. The summed E-state index contributed by atoms with van der Waals surface area (Å²) >= 11 is 0. The van der Waals surface area contributed by atoms with Gasteiger partial charge >= 0.3 is 36.1 Å². The number of unbranched alkanes of at least 4 members (excludes halogenated alkanes) is 3. The zero-order chi connectivity index (χ0) is 27.0. The number of amides is 2. The van der Waals surface area contributed by atoms with Crippen molar-refractivity contribution in [1.29, 1.82) is 0 Å². The van der Waals surface area contributed by atoms with Crippen molar-refractivity contribution in [3.8, 4) is 0 Å². The highest BCUT2D eigenvalue weighted by Crippen LogP contribution is 1.98. The molecule has 36 heavy (non-hydrogen) atoms. The molecule has 0 bridgehead atoms. The number of rotatable bonds is 19. The van der Waals surface area contributed by atoms with E-state index in [4.69, 9.17) is 18.9 Å². The van der Waals surface area contributed by atoms with Crippen LogP contribution >= 0.6 is 0 Å². The van der Waals surface area contributed by atoms with Crippen molar-refractivity contribution < 1.29 is 57.2 Å². The van der Waals surface area contributed by atoms with Gasteiger partial charge in [-0.25, -0.2) is 28.8 Å². The Hall–Kier alpha value is -4.10. The lowest BCUT2D eigenvalue weighted by Gasteiger charge is -2.09. The second kappa shape index (κ2) is 21.4. The molecule has 0 aromatic heterocycles. The molecule has 0 aliphatic carbocycles. The molecule has 0 unspecified atom stereocenters. The maximum absolute atomic E-state index is 11.5. The van der Waals surface area contributed by atoms with Gasteiger partial charge in [-0.1, -0.05) is 26.0 Å². The molecule has 0 atom stereocenters. The number of alkyl carbamates (subject to hydrolysis) is 2. The third kappa shape index (κ3) is 20.5. The van der Waals surface area contributed by atoms with Gasteiger partial charge in [0.2, 0.25) is 0 Å². The van der Waals surface area contributed by atoms with E-state index in [-0.39, 0.29) is 26.4 Å². The van der Waals surface area contributed by atoms with E-state index in [1.807, 2.05) is 0 Å². The minimum atomic E-state index is -0.775. The molecule has 0 aromatic carbocycles. The van der Waals surface area contributed by atoms with Gasteiger partial charge in [-0.15, -0.1) is 0 Å². The van der Waals surface area contributed by atoms with Crippen LogP contribution in [0.3, 0.4) is 0 Å². The smallest absolute Gasteiger partial charge is 0.407 e. The van der Waals surface area contributed by atoms with Gasteiger partial charge in [0, 0.05) is 25.2 Å². The SMILES string of the molecule is C=CC(=O)OCC(=O)OCCOC(=O)NCCCCCCNC(=O)OCCOC(=O)COC(=O)C=C. The molecule has 0 radical (unpaired) electrons. The Morgan fingerprint density at radius 1 is 0.528 bits per heavy atom. The summed E-state index contributed by atoms with van der Waals surface area (Å²) in [6.45, 7) is 5.38. The van der Waals surface area contributed by atoms with Gasteiger partial charge in [0.05, 0.1) is 0 Å². The van der Waals surface area contributed by atoms with Crippen LogP contribution in [-0.4, -0.2) is 88.8 Å². The highest BCUT2D eigenvalue weighted by Gasteiger charge is 2.08. The van der Waals surface area contributed by atoms with Crippen LogP contribution in [0.15, 0.2) is 25.3 Å². The van der Waals surface area contributed by atoms with Crippen LogP contribution in [0.2, 0.25) is 0 Å². The molecule has 2 amide bonds. The molecule has 0 aliphatic rings. The van der Waals surface area contributed by atoms with E-state index in [0.717, 1.165) is 25.0 Å². The fraction of sp³-hybridized carbons (Fsp3) is 0.545. The molecule has 0 heterocycles. The van der Waals surface area contributed by atoms with Crippen LogP contribution in [0.25, 0.3) is 0 Å². The van der Waals surface area contributed by atoms with E-state index in [0.29, 0.717) is 25.9 Å². The average molecular weight is 517 g/mol. The van der Waals surface area contributed by atoms with E-state index in [1.54, 1.807) is 0 Å². The maximum atomic E-state index is 11.5. The fourth-order valence-corrected chi connectivity index (χ4v) is 2.13. The van der Waals surface area contributed by atoms with Crippen LogP contribution < -0.4 is 10.6 Å². The number of carbonyl (C=O) groups excluding carboxylic acids is 6. The number of ether oxygens (including phenoxy) is 6. The van der Waals surface area contributed by atoms with E-state index < -0.39 is 49.3 Å². The van der Waals surface area contributed by atoms with Gasteiger partial charge in [0.15, 0.2) is 13.2 Å². The van der Waals surface area contributed by atoms with Crippen molar-refractivity contribution in [1.82, 2.24) is 10.6 Å². The second-order valence-electron chi connectivity index (χ2n) is 6.60. The van der Waals surface area contributed by atoms with E-state index in [1.165, 1.54) is 0 Å². The molecule has 0 aromatic rings. The van der Waals surface area contributed by atoms with Crippen LogP contribution in [0, 0.1) is 0 Å². The van der Waals surface area contributed by atoms with Crippen molar-refractivity contribution in [2.45, 2.75) is 25.7 Å². The number of esters is 4. The first-order chi connectivity index (χ1) is 17.3. The van der Waals surface area contributed by atoms with Gasteiger partial charge < -0.3 is 39.1 Å². The summed E-state index contributed by atoms with van der Waals surface area (Å²) in [7, 11) is 0. The van der Waals surface area contributed by atoms with Gasteiger partial charge in [0.1, 0.15) is 26.4 Å². The minimum Gasteiger partial charge on any atom is -0.460 e. The zero-order valence-electron chi connectivity index (χ0n) is 20.0. The lowest BCUT2D eigenvalue weighted by Crippen LogP contribution is -2.28. The number of carbonyl (C=O) groups is 6. The summed E-state index contributed by atoms with van der Waals surface area (Å²) in [5, 5.41) is 5.09. The molecular weight excluding hydrogens is 484 g/mol. The monoisotopic (exact) mass is 516 g/mol. The van der Waals surface area contributed by atoms with Crippen LogP contribution in [0.1, 0.15) is 25.7 Å². The molecule has 0 saturated heterocycles. The third-order valence-corrected chi connectivity index (χ3v) is 3.80. The minimum absolute atomic E-state index is 0.150. The predicted octanol–water partition coefficient (Wildman–Crippen LogP) is 0.544. The molecule has 0 spiro atoms. The molecular formula is C22H32N2O12.